The summed E-state index contributed by atoms with van der Waals surface area (Å²) in [6.07, 6.45) is 0. The molecule has 2 rings (SSSR count). The van der Waals surface area contributed by atoms with Crippen molar-refractivity contribution in [3.63, 3.8) is 0 Å². The van der Waals surface area contributed by atoms with Crippen LogP contribution < -0.4 is 5.46 Å². The third-order valence-electron chi connectivity index (χ3n) is 2.76. The van der Waals surface area contributed by atoms with Gasteiger partial charge in [-0.25, -0.2) is 4.39 Å². The molecule has 100 valence electrons. The van der Waals surface area contributed by atoms with Crippen molar-refractivity contribution in [3.8, 4) is 0 Å². The second-order valence-electron chi connectivity index (χ2n) is 4.11. The van der Waals surface area contributed by atoms with Gasteiger partial charge in [-0.1, -0.05) is 23.9 Å². The Bertz CT molecular complexity index is 591. The molecule has 0 unspecified atom stereocenters. The minimum absolute atomic E-state index is 0.118. The van der Waals surface area contributed by atoms with Crippen molar-refractivity contribution >= 4 is 24.3 Å². The number of aryl methyl sites for hydroxylation is 1. The summed E-state index contributed by atoms with van der Waals surface area (Å²) in [5, 5.41) is 26.8. The lowest BCUT2D eigenvalue weighted by atomic mass is 9.79. The Morgan fingerprint density at radius 2 is 2.11 bits per heavy atom. The topological polar surface area (TPSA) is 71.2 Å². The molecule has 19 heavy (non-hydrogen) atoms. The first-order chi connectivity index (χ1) is 8.99. The zero-order chi connectivity index (χ0) is 14.0. The molecule has 0 aliphatic heterocycles. The lowest BCUT2D eigenvalue weighted by molar-refractivity contribution is 0.423. The lowest BCUT2D eigenvalue weighted by Gasteiger charge is -2.06. The first kappa shape index (κ1) is 14.0. The van der Waals surface area contributed by atoms with Gasteiger partial charge in [0.1, 0.15) is 11.6 Å². The molecule has 0 fully saturated rings. The predicted octanol–water partition coefficient (Wildman–Crippen LogP) is 0.235. The summed E-state index contributed by atoms with van der Waals surface area (Å²) in [5.74, 6) is 0.734. The molecule has 0 bridgehead atoms. The van der Waals surface area contributed by atoms with Crippen molar-refractivity contribution in [1.29, 1.82) is 0 Å². The Morgan fingerprint density at radius 3 is 2.68 bits per heavy atom. The summed E-state index contributed by atoms with van der Waals surface area (Å²) < 4.78 is 15.2. The zero-order valence-electron chi connectivity index (χ0n) is 10.5. The van der Waals surface area contributed by atoms with Crippen molar-refractivity contribution in [2.24, 2.45) is 7.05 Å². The zero-order valence-corrected chi connectivity index (χ0v) is 11.4. The summed E-state index contributed by atoms with van der Waals surface area (Å²) in [6.45, 7) is 1.86. The predicted molar refractivity (Wildman–Crippen MR) is 71.5 cm³/mol. The van der Waals surface area contributed by atoms with Crippen LogP contribution in [0.15, 0.2) is 23.4 Å². The maximum absolute atomic E-state index is 13.3. The Morgan fingerprint density at radius 1 is 1.37 bits per heavy atom. The molecule has 0 aliphatic carbocycles. The average Bonchev–Trinajstić information content (AvgIpc) is 2.69. The third-order valence-corrected chi connectivity index (χ3v) is 3.85. The van der Waals surface area contributed by atoms with Crippen LogP contribution in [-0.4, -0.2) is 31.9 Å². The average molecular weight is 281 g/mol. The molecule has 2 N–H and O–H groups in total. The van der Waals surface area contributed by atoms with Crippen LogP contribution in [0.5, 0.6) is 0 Å². The van der Waals surface area contributed by atoms with Crippen LogP contribution in [0.25, 0.3) is 0 Å². The maximum Gasteiger partial charge on any atom is 0.491 e. The van der Waals surface area contributed by atoms with E-state index in [-0.39, 0.29) is 5.46 Å². The van der Waals surface area contributed by atoms with Crippen molar-refractivity contribution in [1.82, 2.24) is 14.8 Å². The van der Waals surface area contributed by atoms with Gasteiger partial charge in [0, 0.05) is 18.3 Å². The van der Waals surface area contributed by atoms with Gasteiger partial charge in [0.15, 0.2) is 5.16 Å². The summed E-state index contributed by atoms with van der Waals surface area (Å²) in [5.41, 5.74) is 0.669. The molecule has 2 aromatic rings. The van der Waals surface area contributed by atoms with Crippen LogP contribution in [0.4, 0.5) is 4.39 Å². The van der Waals surface area contributed by atoms with Gasteiger partial charge in [0.25, 0.3) is 0 Å². The highest BCUT2D eigenvalue weighted by atomic mass is 32.2. The first-order valence-corrected chi connectivity index (χ1v) is 6.61. The molecule has 0 amide bonds. The van der Waals surface area contributed by atoms with Crippen molar-refractivity contribution in [3.05, 3.63) is 35.4 Å². The minimum Gasteiger partial charge on any atom is -0.423 e. The molecule has 0 saturated heterocycles. The number of nitrogens with zero attached hydrogens (tertiary/aromatic N) is 3. The molecule has 8 heteroatoms. The van der Waals surface area contributed by atoms with Crippen molar-refractivity contribution < 1.29 is 14.4 Å². The summed E-state index contributed by atoms with van der Waals surface area (Å²) in [6, 6.07) is 4.28. The van der Waals surface area contributed by atoms with Crippen LogP contribution in [0.3, 0.4) is 0 Å². The Kier molecular flexibility index (Phi) is 4.23. The Labute approximate surface area is 114 Å². The SMILES string of the molecule is Cc1nnc(SCc2ccc(F)c(B(O)O)c2)n1C. The number of benzene rings is 1. The fourth-order valence-electron chi connectivity index (χ4n) is 1.54. The van der Waals surface area contributed by atoms with Crippen molar-refractivity contribution in [2.45, 2.75) is 17.8 Å². The van der Waals surface area contributed by atoms with E-state index in [0.717, 1.165) is 16.5 Å². The van der Waals surface area contributed by atoms with E-state index in [9.17, 15) is 4.39 Å². The fraction of sp³-hybridized carbons (Fsp3) is 0.273. The van der Waals surface area contributed by atoms with Crippen molar-refractivity contribution in [2.75, 3.05) is 0 Å². The highest BCUT2D eigenvalue weighted by molar-refractivity contribution is 7.98. The van der Waals surface area contributed by atoms with E-state index < -0.39 is 12.9 Å². The van der Waals surface area contributed by atoms with Gasteiger partial charge in [0.05, 0.1) is 0 Å². The van der Waals surface area contributed by atoms with E-state index in [1.54, 1.807) is 6.07 Å². The second-order valence-corrected chi connectivity index (χ2v) is 5.05. The van der Waals surface area contributed by atoms with E-state index in [4.69, 9.17) is 10.0 Å². The molecular formula is C11H13BFN3O2S. The standard InChI is InChI=1S/C11H13BFN3O2S/c1-7-14-15-11(16(7)2)19-6-8-3-4-10(13)9(5-8)12(17)18/h3-5,17-18H,6H2,1-2H3. The number of halogens is 1. The van der Waals surface area contributed by atoms with Gasteiger partial charge in [-0.05, 0) is 18.6 Å². The van der Waals surface area contributed by atoms with E-state index >= 15 is 0 Å². The molecule has 0 radical (unpaired) electrons. The van der Waals surface area contributed by atoms with Gasteiger partial charge >= 0.3 is 7.12 Å². The van der Waals surface area contributed by atoms with E-state index in [1.165, 1.54) is 23.9 Å². The maximum atomic E-state index is 13.3. The summed E-state index contributed by atoms with van der Waals surface area (Å²) >= 11 is 1.45. The van der Waals surface area contributed by atoms with Gasteiger partial charge < -0.3 is 14.6 Å². The van der Waals surface area contributed by atoms with Gasteiger partial charge in [-0.15, -0.1) is 10.2 Å². The molecule has 0 atom stereocenters. The van der Waals surface area contributed by atoms with Gasteiger partial charge in [-0.3, -0.25) is 0 Å². The lowest BCUT2D eigenvalue weighted by Crippen LogP contribution is -2.33. The Balaban J connectivity index is 2.12. The number of aromatic nitrogens is 3. The fourth-order valence-corrected chi connectivity index (χ4v) is 2.44. The molecule has 0 spiro atoms. The van der Waals surface area contributed by atoms with E-state index in [2.05, 4.69) is 10.2 Å². The van der Waals surface area contributed by atoms with E-state index in [1.807, 2.05) is 18.5 Å². The van der Waals surface area contributed by atoms with Crippen LogP contribution in [0, 0.1) is 12.7 Å². The molecule has 1 aromatic carbocycles. The quantitative estimate of drug-likeness (QED) is 0.620. The minimum atomic E-state index is -1.80. The first-order valence-electron chi connectivity index (χ1n) is 5.62. The molecular weight excluding hydrogens is 268 g/mol. The molecule has 1 aromatic heterocycles. The number of hydrogen-bond acceptors (Lipinski definition) is 5. The highest BCUT2D eigenvalue weighted by Gasteiger charge is 2.17. The highest BCUT2D eigenvalue weighted by Crippen LogP contribution is 2.20. The normalized spacial score (nSPS) is 10.8. The van der Waals surface area contributed by atoms with E-state index in [0.29, 0.717) is 5.75 Å². The third kappa shape index (κ3) is 3.15. The van der Waals surface area contributed by atoms with Crippen LogP contribution >= 0.6 is 11.8 Å². The summed E-state index contributed by atoms with van der Waals surface area (Å²) in [4.78, 5) is 0. The summed E-state index contributed by atoms with van der Waals surface area (Å²) in [7, 11) is 0.0626. The number of rotatable bonds is 4. The smallest absolute Gasteiger partial charge is 0.423 e. The van der Waals surface area contributed by atoms with Crippen LogP contribution in [0.1, 0.15) is 11.4 Å². The monoisotopic (exact) mass is 281 g/mol. The Hall–Kier alpha value is -1.38. The largest absolute Gasteiger partial charge is 0.491 e. The second kappa shape index (κ2) is 5.73. The molecule has 0 aliphatic rings. The molecule has 1 heterocycles. The number of thioether (sulfide) groups is 1. The molecule has 5 nitrogen and oxygen atoms in total. The van der Waals surface area contributed by atoms with Gasteiger partial charge in [0.2, 0.25) is 0 Å². The van der Waals surface area contributed by atoms with Crippen LogP contribution in [-0.2, 0) is 12.8 Å². The van der Waals surface area contributed by atoms with Gasteiger partial charge in [-0.2, -0.15) is 0 Å². The molecule has 0 saturated carbocycles. The number of hydrogen-bond donors (Lipinski definition) is 2. The van der Waals surface area contributed by atoms with Crippen LogP contribution in [0.2, 0.25) is 0 Å².